The van der Waals surface area contributed by atoms with E-state index < -0.39 is 0 Å². The van der Waals surface area contributed by atoms with E-state index >= 15 is 0 Å². The number of rotatable bonds is 5. The molecule has 1 saturated heterocycles. The lowest BCUT2D eigenvalue weighted by molar-refractivity contribution is 0.0357. The molecule has 1 heterocycles. The van der Waals surface area contributed by atoms with Crippen LogP contribution >= 0.6 is 0 Å². The Morgan fingerprint density at radius 1 is 1.04 bits per heavy atom. The average molecular weight is 309 g/mol. The van der Waals surface area contributed by atoms with Crippen LogP contribution in [0.2, 0.25) is 0 Å². The van der Waals surface area contributed by atoms with E-state index in [1.165, 1.54) is 0 Å². The van der Waals surface area contributed by atoms with Crippen molar-refractivity contribution in [3.63, 3.8) is 0 Å². The summed E-state index contributed by atoms with van der Waals surface area (Å²) in [6, 6.07) is 17.5. The second kappa shape index (κ2) is 7.53. The van der Waals surface area contributed by atoms with E-state index in [4.69, 9.17) is 4.74 Å². The molecule has 3 rings (SSSR count). The van der Waals surface area contributed by atoms with Crippen molar-refractivity contribution in [3.8, 4) is 0 Å². The van der Waals surface area contributed by atoms with Crippen molar-refractivity contribution >= 4 is 5.78 Å². The molecule has 1 atom stereocenters. The van der Waals surface area contributed by atoms with Crippen LogP contribution in [0.25, 0.3) is 0 Å². The fourth-order valence-electron chi connectivity index (χ4n) is 3.15. The molecule has 0 saturated carbocycles. The summed E-state index contributed by atoms with van der Waals surface area (Å²) in [5.41, 5.74) is 2.70. The third kappa shape index (κ3) is 3.87. The number of nitrogens with zero attached hydrogens (tertiary/aromatic N) is 1. The first-order valence-corrected chi connectivity index (χ1v) is 8.24. The number of ether oxygens (including phenoxy) is 1. The summed E-state index contributed by atoms with van der Waals surface area (Å²) in [4.78, 5) is 15.2. The predicted molar refractivity (Wildman–Crippen MR) is 92.0 cm³/mol. The van der Waals surface area contributed by atoms with Gasteiger partial charge in [-0.15, -0.1) is 0 Å². The lowest BCUT2D eigenvalue weighted by Gasteiger charge is -2.29. The normalized spacial score (nSPS) is 16.9. The molecule has 0 radical (unpaired) electrons. The van der Waals surface area contributed by atoms with Crippen LogP contribution in [0.15, 0.2) is 54.6 Å². The molecule has 1 unspecified atom stereocenters. The van der Waals surface area contributed by atoms with Crippen molar-refractivity contribution in [1.82, 2.24) is 4.90 Å². The van der Waals surface area contributed by atoms with E-state index in [-0.39, 0.29) is 5.78 Å². The third-order valence-electron chi connectivity index (χ3n) is 4.41. The van der Waals surface area contributed by atoms with Crippen molar-refractivity contribution in [2.24, 2.45) is 0 Å². The lowest BCUT2D eigenvalue weighted by atomic mass is 9.91. The van der Waals surface area contributed by atoms with Crippen LogP contribution in [-0.2, 0) is 4.74 Å². The lowest BCUT2D eigenvalue weighted by Crippen LogP contribution is -2.38. The van der Waals surface area contributed by atoms with Crippen molar-refractivity contribution in [3.05, 3.63) is 71.3 Å². The maximum Gasteiger partial charge on any atom is 0.193 e. The van der Waals surface area contributed by atoms with E-state index in [1.54, 1.807) is 0 Å². The summed E-state index contributed by atoms with van der Waals surface area (Å²) in [6.07, 6.45) is 0. The van der Waals surface area contributed by atoms with Gasteiger partial charge in [0, 0.05) is 30.8 Å². The molecule has 2 aromatic rings. The molecule has 3 nitrogen and oxygen atoms in total. The van der Waals surface area contributed by atoms with Gasteiger partial charge in [0.25, 0.3) is 0 Å². The van der Waals surface area contributed by atoms with Crippen LogP contribution in [-0.4, -0.2) is 43.5 Å². The highest BCUT2D eigenvalue weighted by Gasteiger charge is 2.20. The Bertz CT molecular complexity index is 648. The number of carbonyl (C=O) groups is 1. The number of hydrogen-bond acceptors (Lipinski definition) is 3. The van der Waals surface area contributed by atoms with Gasteiger partial charge in [0.1, 0.15) is 0 Å². The quantitative estimate of drug-likeness (QED) is 0.793. The van der Waals surface area contributed by atoms with Gasteiger partial charge in [0.2, 0.25) is 0 Å². The fourth-order valence-corrected chi connectivity index (χ4v) is 3.15. The molecule has 0 bridgehead atoms. The van der Waals surface area contributed by atoms with Gasteiger partial charge < -0.3 is 4.74 Å². The van der Waals surface area contributed by atoms with Gasteiger partial charge in [-0.2, -0.15) is 0 Å². The largest absolute Gasteiger partial charge is 0.379 e. The molecule has 120 valence electrons. The topological polar surface area (TPSA) is 29.5 Å². The molecule has 1 fully saturated rings. The zero-order valence-electron chi connectivity index (χ0n) is 13.6. The highest BCUT2D eigenvalue weighted by atomic mass is 16.5. The predicted octanol–water partition coefficient (Wildman–Crippen LogP) is 3.35. The first-order chi connectivity index (χ1) is 11.3. The first kappa shape index (κ1) is 15.9. The molecule has 0 N–H and O–H groups in total. The third-order valence-corrected chi connectivity index (χ3v) is 4.41. The van der Waals surface area contributed by atoms with E-state index in [9.17, 15) is 4.79 Å². The van der Waals surface area contributed by atoms with E-state index in [0.29, 0.717) is 5.92 Å². The summed E-state index contributed by atoms with van der Waals surface area (Å²) < 4.78 is 5.41. The summed E-state index contributed by atoms with van der Waals surface area (Å²) >= 11 is 0. The number of carbonyl (C=O) groups excluding carboxylic acids is 1. The SMILES string of the molecule is CC(CN1CCOCC1)c1ccccc1C(=O)c1ccccc1. The van der Waals surface area contributed by atoms with E-state index in [1.807, 2.05) is 48.5 Å². The minimum Gasteiger partial charge on any atom is -0.379 e. The monoisotopic (exact) mass is 309 g/mol. The Kier molecular flexibility index (Phi) is 5.21. The van der Waals surface area contributed by atoms with Crippen LogP contribution in [0, 0.1) is 0 Å². The zero-order valence-corrected chi connectivity index (χ0v) is 13.6. The van der Waals surface area contributed by atoms with Crippen molar-refractivity contribution in [2.75, 3.05) is 32.8 Å². The minimum absolute atomic E-state index is 0.107. The van der Waals surface area contributed by atoms with Gasteiger partial charge in [-0.25, -0.2) is 0 Å². The Morgan fingerprint density at radius 2 is 1.70 bits per heavy atom. The highest BCUT2D eigenvalue weighted by Crippen LogP contribution is 2.23. The first-order valence-electron chi connectivity index (χ1n) is 8.24. The smallest absolute Gasteiger partial charge is 0.193 e. The maximum atomic E-state index is 12.8. The Labute approximate surface area is 137 Å². The van der Waals surface area contributed by atoms with Crippen molar-refractivity contribution < 1.29 is 9.53 Å². The van der Waals surface area contributed by atoms with Crippen molar-refractivity contribution in [1.29, 1.82) is 0 Å². The maximum absolute atomic E-state index is 12.8. The number of morpholine rings is 1. The standard InChI is InChI=1S/C20H23NO2/c1-16(15-21-11-13-23-14-12-21)18-9-5-6-10-19(18)20(22)17-7-3-2-4-8-17/h2-10,16H,11-15H2,1H3. The molecular formula is C20H23NO2. The van der Waals surface area contributed by atoms with Crippen LogP contribution in [0.1, 0.15) is 34.3 Å². The minimum atomic E-state index is 0.107. The van der Waals surface area contributed by atoms with Gasteiger partial charge in [-0.05, 0) is 11.5 Å². The van der Waals surface area contributed by atoms with Gasteiger partial charge in [0.05, 0.1) is 13.2 Å². The molecule has 0 amide bonds. The number of hydrogen-bond donors (Lipinski definition) is 0. The number of ketones is 1. The second-order valence-corrected chi connectivity index (χ2v) is 6.10. The molecule has 23 heavy (non-hydrogen) atoms. The van der Waals surface area contributed by atoms with Crippen LogP contribution in [0.5, 0.6) is 0 Å². The zero-order chi connectivity index (χ0) is 16.1. The van der Waals surface area contributed by atoms with Gasteiger partial charge in [-0.1, -0.05) is 61.5 Å². The molecule has 0 aliphatic carbocycles. The molecule has 0 spiro atoms. The van der Waals surface area contributed by atoms with Gasteiger partial charge in [0.15, 0.2) is 5.78 Å². The summed E-state index contributed by atoms with van der Waals surface area (Å²) in [7, 11) is 0. The Hall–Kier alpha value is -1.97. The Balaban J connectivity index is 1.81. The molecule has 1 aliphatic heterocycles. The molecule has 2 aromatic carbocycles. The summed E-state index contributed by atoms with van der Waals surface area (Å²) in [6.45, 7) is 6.71. The van der Waals surface area contributed by atoms with E-state index in [2.05, 4.69) is 17.9 Å². The van der Waals surface area contributed by atoms with Crippen molar-refractivity contribution in [2.45, 2.75) is 12.8 Å². The van der Waals surface area contributed by atoms with Gasteiger partial charge in [-0.3, -0.25) is 9.69 Å². The molecule has 0 aromatic heterocycles. The van der Waals surface area contributed by atoms with Crippen LogP contribution in [0.3, 0.4) is 0 Å². The van der Waals surface area contributed by atoms with E-state index in [0.717, 1.165) is 49.5 Å². The Morgan fingerprint density at radius 3 is 2.43 bits per heavy atom. The van der Waals surface area contributed by atoms with Crippen LogP contribution in [0.4, 0.5) is 0 Å². The molecular weight excluding hydrogens is 286 g/mol. The molecule has 1 aliphatic rings. The highest BCUT2D eigenvalue weighted by molar-refractivity contribution is 6.10. The fraction of sp³-hybridized carbons (Fsp3) is 0.350. The number of benzene rings is 2. The van der Waals surface area contributed by atoms with Gasteiger partial charge >= 0.3 is 0 Å². The summed E-state index contributed by atoms with van der Waals surface area (Å²) in [5.74, 6) is 0.423. The molecule has 3 heteroatoms. The summed E-state index contributed by atoms with van der Waals surface area (Å²) in [5, 5.41) is 0. The van der Waals surface area contributed by atoms with Crippen LogP contribution < -0.4 is 0 Å². The average Bonchev–Trinajstić information content (AvgIpc) is 2.62. The second-order valence-electron chi connectivity index (χ2n) is 6.10.